The highest BCUT2D eigenvalue weighted by Crippen LogP contribution is 2.40. The van der Waals surface area contributed by atoms with E-state index in [4.69, 9.17) is 4.74 Å². The van der Waals surface area contributed by atoms with Crippen molar-refractivity contribution in [2.24, 2.45) is 5.92 Å². The third-order valence-electron chi connectivity index (χ3n) is 3.20. The number of allylic oxidation sites excluding steroid dienone is 1. The fourth-order valence-electron chi connectivity index (χ4n) is 2.47. The fourth-order valence-corrected chi connectivity index (χ4v) is 2.47. The zero-order valence-corrected chi connectivity index (χ0v) is 8.20. The third-order valence-corrected chi connectivity index (χ3v) is 3.20. The van der Waals surface area contributed by atoms with Crippen LogP contribution in [0.2, 0.25) is 0 Å². The summed E-state index contributed by atoms with van der Waals surface area (Å²) in [6, 6.07) is 8.39. The van der Waals surface area contributed by atoms with E-state index in [0.717, 1.165) is 12.4 Å². The van der Waals surface area contributed by atoms with Gasteiger partial charge in [-0.3, -0.25) is 0 Å². The molecule has 1 aromatic carbocycles. The van der Waals surface area contributed by atoms with E-state index >= 15 is 0 Å². The summed E-state index contributed by atoms with van der Waals surface area (Å²) in [6.07, 6.45) is 6.25. The van der Waals surface area contributed by atoms with Gasteiger partial charge in [0.05, 0.1) is 6.61 Å². The quantitative estimate of drug-likeness (QED) is 0.604. The first-order valence-corrected chi connectivity index (χ1v) is 5.37. The van der Waals surface area contributed by atoms with Crippen LogP contribution in [0, 0.1) is 5.92 Å². The minimum absolute atomic E-state index is 0.652. The van der Waals surface area contributed by atoms with Gasteiger partial charge in [-0.1, -0.05) is 24.3 Å². The Morgan fingerprint density at radius 2 is 2.14 bits per heavy atom. The smallest absolute Gasteiger partial charge is 0.126 e. The van der Waals surface area contributed by atoms with Crippen molar-refractivity contribution >= 4 is 5.57 Å². The SMILES string of the molecule is C1=C2c3ccccc3OCC2CCC1. The Labute approximate surface area is 84.4 Å². The van der Waals surface area contributed by atoms with Gasteiger partial charge in [-0.05, 0) is 30.9 Å². The van der Waals surface area contributed by atoms with E-state index in [1.165, 1.54) is 30.4 Å². The van der Waals surface area contributed by atoms with Crippen LogP contribution >= 0.6 is 0 Å². The summed E-state index contributed by atoms with van der Waals surface area (Å²) in [5, 5.41) is 0. The summed E-state index contributed by atoms with van der Waals surface area (Å²) in [5.74, 6) is 1.72. The molecule has 1 heteroatoms. The second-order valence-corrected chi connectivity index (χ2v) is 4.09. The molecule has 14 heavy (non-hydrogen) atoms. The van der Waals surface area contributed by atoms with Gasteiger partial charge in [0.1, 0.15) is 5.75 Å². The Morgan fingerprint density at radius 1 is 1.21 bits per heavy atom. The Kier molecular flexibility index (Phi) is 1.83. The third kappa shape index (κ3) is 1.16. The van der Waals surface area contributed by atoms with Crippen LogP contribution in [0.3, 0.4) is 0 Å². The zero-order valence-electron chi connectivity index (χ0n) is 8.20. The largest absolute Gasteiger partial charge is 0.492 e. The lowest BCUT2D eigenvalue weighted by molar-refractivity contribution is 0.255. The highest BCUT2D eigenvalue weighted by Gasteiger charge is 2.26. The Hall–Kier alpha value is -1.24. The molecular formula is C13H14O. The van der Waals surface area contributed by atoms with Crippen molar-refractivity contribution in [3.8, 4) is 5.75 Å². The second kappa shape index (κ2) is 3.16. The topological polar surface area (TPSA) is 9.23 Å². The summed E-state index contributed by atoms with van der Waals surface area (Å²) < 4.78 is 5.75. The highest BCUT2D eigenvalue weighted by atomic mass is 16.5. The van der Waals surface area contributed by atoms with Crippen molar-refractivity contribution in [1.82, 2.24) is 0 Å². The van der Waals surface area contributed by atoms with Gasteiger partial charge in [0.25, 0.3) is 0 Å². The number of hydrogen-bond donors (Lipinski definition) is 0. The molecule has 0 N–H and O–H groups in total. The Bertz CT molecular complexity index is 379. The molecule has 0 aromatic heterocycles. The number of benzene rings is 1. The average molecular weight is 186 g/mol. The standard InChI is InChI=1S/C13H14O/c1-2-6-11-10(5-1)9-14-13-8-4-3-7-12(11)13/h3-4,6-8,10H,1-2,5,9H2. The Balaban J connectivity index is 2.11. The van der Waals surface area contributed by atoms with Gasteiger partial charge in [0.15, 0.2) is 0 Å². The normalized spacial score (nSPS) is 24.3. The van der Waals surface area contributed by atoms with Crippen LogP contribution in [0.4, 0.5) is 0 Å². The fraction of sp³-hybridized carbons (Fsp3) is 0.385. The van der Waals surface area contributed by atoms with Crippen LogP contribution in [-0.4, -0.2) is 6.61 Å². The molecule has 0 fully saturated rings. The van der Waals surface area contributed by atoms with Crippen molar-refractivity contribution in [2.45, 2.75) is 19.3 Å². The van der Waals surface area contributed by atoms with Crippen molar-refractivity contribution in [2.75, 3.05) is 6.61 Å². The number of para-hydroxylation sites is 1. The van der Waals surface area contributed by atoms with Crippen LogP contribution in [0.1, 0.15) is 24.8 Å². The van der Waals surface area contributed by atoms with Gasteiger partial charge in [0.2, 0.25) is 0 Å². The lowest BCUT2D eigenvalue weighted by Gasteiger charge is -2.30. The summed E-state index contributed by atoms with van der Waals surface area (Å²) in [7, 11) is 0. The average Bonchev–Trinajstić information content (AvgIpc) is 2.29. The first kappa shape index (κ1) is 8.10. The zero-order chi connectivity index (χ0) is 9.38. The van der Waals surface area contributed by atoms with Crippen LogP contribution < -0.4 is 4.74 Å². The van der Waals surface area contributed by atoms with Gasteiger partial charge in [0, 0.05) is 11.5 Å². The molecule has 1 unspecified atom stereocenters. The molecule has 1 aliphatic heterocycles. The lowest BCUT2D eigenvalue weighted by atomic mass is 9.82. The summed E-state index contributed by atoms with van der Waals surface area (Å²) in [5.41, 5.74) is 2.85. The maximum absolute atomic E-state index is 5.75. The molecule has 3 rings (SSSR count). The van der Waals surface area contributed by atoms with Crippen molar-refractivity contribution in [3.63, 3.8) is 0 Å². The van der Waals surface area contributed by atoms with Crippen LogP contribution in [0.25, 0.3) is 5.57 Å². The minimum atomic E-state index is 0.652. The van der Waals surface area contributed by atoms with Gasteiger partial charge in [-0.25, -0.2) is 0 Å². The highest BCUT2D eigenvalue weighted by molar-refractivity contribution is 5.74. The second-order valence-electron chi connectivity index (χ2n) is 4.09. The van der Waals surface area contributed by atoms with E-state index in [9.17, 15) is 0 Å². The molecule has 1 aliphatic carbocycles. The molecule has 1 atom stereocenters. The maximum Gasteiger partial charge on any atom is 0.126 e. The van der Waals surface area contributed by atoms with Gasteiger partial charge < -0.3 is 4.74 Å². The monoisotopic (exact) mass is 186 g/mol. The van der Waals surface area contributed by atoms with Crippen molar-refractivity contribution in [3.05, 3.63) is 35.9 Å². The maximum atomic E-state index is 5.75. The van der Waals surface area contributed by atoms with E-state index in [-0.39, 0.29) is 0 Å². The predicted octanol–water partition coefficient (Wildman–Crippen LogP) is 3.26. The van der Waals surface area contributed by atoms with E-state index in [0.29, 0.717) is 5.92 Å². The predicted molar refractivity (Wildman–Crippen MR) is 57.3 cm³/mol. The van der Waals surface area contributed by atoms with Gasteiger partial charge >= 0.3 is 0 Å². The van der Waals surface area contributed by atoms with Crippen molar-refractivity contribution in [1.29, 1.82) is 0 Å². The molecule has 72 valence electrons. The number of rotatable bonds is 0. The summed E-state index contributed by atoms with van der Waals surface area (Å²) in [4.78, 5) is 0. The molecule has 2 aliphatic rings. The molecule has 0 saturated heterocycles. The molecule has 0 amide bonds. The summed E-state index contributed by atoms with van der Waals surface area (Å²) >= 11 is 0. The molecule has 0 spiro atoms. The molecule has 1 nitrogen and oxygen atoms in total. The number of ether oxygens (including phenoxy) is 1. The molecular weight excluding hydrogens is 172 g/mol. The van der Waals surface area contributed by atoms with E-state index < -0.39 is 0 Å². The van der Waals surface area contributed by atoms with Crippen LogP contribution in [0.15, 0.2) is 30.3 Å². The number of hydrogen-bond acceptors (Lipinski definition) is 1. The van der Waals surface area contributed by atoms with Crippen LogP contribution in [0.5, 0.6) is 5.75 Å². The molecule has 0 saturated carbocycles. The molecule has 1 heterocycles. The first-order valence-electron chi connectivity index (χ1n) is 5.37. The number of fused-ring (bicyclic) bond motifs is 3. The Morgan fingerprint density at radius 3 is 3.14 bits per heavy atom. The lowest BCUT2D eigenvalue weighted by Crippen LogP contribution is -2.21. The van der Waals surface area contributed by atoms with E-state index in [1.54, 1.807) is 0 Å². The van der Waals surface area contributed by atoms with Gasteiger partial charge in [-0.2, -0.15) is 0 Å². The first-order chi connectivity index (χ1) is 6.95. The molecule has 1 aromatic rings. The van der Waals surface area contributed by atoms with Crippen molar-refractivity contribution < 1.29 is 4.74 Å². The molecule has 0 bridgehead atoms. The van der Waals surface area contributed by atoms with Gasteiger partial charge in [-0.15, -0.1) is 0 Å². The van der Waals surface area contributed by atoms with E-state index in [1.807, 2.05) is 6.07 Å². The summed E-state index contributed by atoms with van der Waals surface area (Å²) in [6.45, 7) is 0.878. The minimum Gasteiger partial charge on any atom is -0.492 e. The van der Waals surface area contributed by atoms with E-state index in [2.05, 4.69) is 24.3 Å². The van der Waals surface area contributed by atoms with Crippen LogP contribution in [-0.2, 0) is 0 Å². The molecule has 0 radical (unpaired) electrons.